The van der Waals surface area contributed by atoms with Gasteiger partial charge in [-0.25, -0.2) is 13.1 Å². The third kappa shape index (κ3) is 2.85. The molecule has 0 unspecified atom stereocenters. The van der Waals surface area contributed by atoms with E-state index in [1.54, 1.807) is 39.0 Å². The molecule has 19 heavy (non-hydrogen) atoms. The second kappa shape index (κ2) is 5.14. The highest BCUT2D eigenvalue weighted by Gasteiger charge is 2.18. The average molecular weight is 280 g/mol. The smallest absolute Gasteiger partial charge is 0.241 e. The molecule has 0 saturated heterocycles. The molecule has 1 aromatic heterocycles. The van der Waals surface area contributed by atoms with Crippen molar-refractivity contribution in [2.75, 3.05) is 0 Å². The quantitative estimate of drug-likeness (QED) is 0.930. The molecule has 0 aliphatic rings. The van der Waals surface area contributed by atoms with E-state index in [9.17, 15) is 8.42 Å². The molecule has 0 fully saturated rings. The van der Waals surface area contributed by atoms with Gasteiger partial charge in [0.25, 0.3) is 0 Å². The monoisotopic (exact) mass is 280 g/mol. The summed E-state index contributed by atoms with van der Waals surface area (Å²) in [6.45, 7) is 5.49. The van der Waals surface area contributed by atoms with Crippen LogP contribution in [-0.2, 0) is 16.6 Å². The van der Waals surface area contributed by atoms with E-state index >= 15 is 0 Å². The van der Waals surface area contributed by atoms with Crippen LogP contribution in [0.25, 0.3) is 0 Å². The molecule has 0 aliphatic carbocycles. The van der Waals surface area contributed by atoms with Crippen molar-refractivity contribution in [2.45, 2.75) is 32.2 Å². The molecule has 102 valence electrons. The molecular weight excluding hydrogens is 264 g/mol. The minimum absolute atomic E-state index is 0.178. The first-order valence-electron chi connectivity index (χ1n) is 5.89. The molecule has 0 amide bonds. The zero-order valence-corrected chi connectivity index (χ0v) is 11.9. The summed E-state index contributed by atoms with van der Waals surface area (Å²) in [5.74, 6) is 0.630. The predicted molar refractivity (Wildman–Crippen MR) is 71.2 cm³/mol. The van der Waals surface area contributed by atoms with Crippen molar-refractivity contribution < 1.29 is 12.9 Å². The lowest BCUT2D eigenvalue weighted by Crippen LogP contribution is -2.24. The van der Waals surface area contributed by atoms with Crippen LogP contribution in [0.2, 0.25) is 0 Å². The van der Waals surface area contributed by atoms with Crippen LogP contribution >= 0.6 is 0 Å². The van der Waals surface area contributed by atoms with Crippen LogP contribution < -0.4 is 4.72 Å². The van der Waals surface area contributed by atoms with Gasteiger partial charge in [0.05, 0.1) is 10.6 Å². The minimum Gasteiger partial charge on any atom is -0.361 e. The lowest BCUT2D eigenvalue weighted by Gasteiger charge is -2.08. The Morgan fingerprint density at radius 1 is 1.21 bits per heavy atom. The lowest BCUT2D eigenvalue weighted by atomic mass is 10.2. The molecule has 6 heteroatoms. The van der Waals surface area contributed by atoms with Crippen molar-refractivity contribution in [1.29, 1.82) is 0 Å². The largest absolute Gasteiger partial charge is 0.361 e. The van der Waals surface area contributed by atoms with Gasteiger partial charge in [0.15, 0.2) is 0 Å². The van der Waals surface area contributed by atoms with Crippen LogP contribution in [0, 0.1) is 20.8 Å². The summed E-state index contributed by atoms with van der Waals surface area (Å²) in [6, 6.07) is 6.87. The first kappa shape index (κ1) is 13.8. The van der Waals surface area contributed by atoms with Gasteiger partial charge in [-0.15, -0.1) is 0 Å². The van der Waals surface area contributed by atoms with E-state index in [-0.39, 0.29) is 6.54 Å². The predicted octanol–water partition coefficient (Wildman–Crippen LogP) is 2.08. The number of hydrogen-bond donors (Lipinski definition) is 1. The number of aryl methyl sites for hydroxylation is 3. The van der Waals surface area contributed by atoms with Crippen LogP contribution in [0.3, 0.4) is 0 Å². The molecule has 0 atom stereocenters. The number of aromatic nitrogens is 1. The number of nitrogens with one attached hydrogen (secondary N) is 1. The highest BCUT2D eigenvalue weighted by Crippen LogP contribution is 2.16. The van der Waals surface area contributed by atoms with Gasteiger partial charge in [0, 0.05) is 12.1 Å². The average Bonchev–Trinajstić information content (AvgIpc) is 2.67. The Morgan fingerprint density at radius 2 is 1.89 bits per heavy atom. The molecule has 5 nitrogen and oxygen atoms in total. The van der Waals surface area contributed by atoms with Gasteiger partial charge in [0.2, 0.25) is 10.0 Å². The van der Waals surface area contributed by atoms with E-state index in [0.717, 1.165) is 5.56 Å². The summed E-state index contributed by atoms with van der Waals surface area (Å²) in [6.07, 6.45) is 0. The number of sulfonamides is 1. The summed E-state index contributed by atoms with van der Waals surface area (Å²) in [4.78, 5) is 0.293. The third-order valence-electron chi connectivity index (χ3n) is 3.00. The molecule has 0 aliphatic heterocycles. The summed E-state index contributed by atoms with van der Waals surface area (Å²) in [7, 11) is -3.52. The Kier molecular flexibility index (Phi) is 3.73. The molecule has 0 spiro atoms. The Bertz CT molecular complexity index is 670. The summed E-state index contributed by atoms with van der Waals surface area (Å²) < 4.78 is 32.0. The van der Waals surface area contributed by atoms with E-state index in [1.807, 2.05) is 6.07 Å². The Morgan fingerprint density at radius 3 is 2.47 bits per heavy atom. The first-order valence-corrected chi connectivity index (χ1v) is 7.37. The van der Waals surface area contributed by atoms with Gasteiger partial charge in [-0.1, -0.05) is 23.4 Å². The molecule has 0 saturated carbocycles. The highest BCUT2D eigenvalue weighted by molar-refractivity contribution is 7.89. The number of hydrogen-bond acceptors (Lipinski definition) is 4. The summed E-state index contributed by atoms with van der Waals surface area (Å²) in [5, 5.41) is 3.80. The van der Waals surface area contributed by atoms with Gasteiger partial charge in [0.1, 0.15) is 5.76 Å². The van der Waals surface area contributed by atoms with E-state index in [2.05, 4.69) is 9.88 Å². The Balaban J connectivity index is 2.22. The first-order chi connectivity index (χ1) is 8.92. The Hall–Kier alpha value is -1.66. The Labute approximate surface area is 112 Å². The minimum atomic E-state index is -3.52. The summed E-state index contributed by atoms with van der Waals surface area (Å²) >= 11 is 0. The van der Waals surface area contributed by atoms with Crippen LogP contribution in [0.15, 0.2) is 33.7 Å². The van der Waals surface area contributed by atoms with E-state index < -0.39 is 10.0 Å². The maximum absolute atomic E-state index is 12.2. The van der Waals surface area contributed by atoms with Crippen molar-refractivity contribution in [3.05, 3.63) is 46.8 Å². The maximum Gasteiger partial charge on any atom is 0.241 e. The van der Waals surface area contributed by atoms with Crippen molar-refractivity contribution in [3.8, 4) is 0 Å². The van der Waals surface area contributed by atoms with Gasteiger partial charge in [-0.05, 0) is 32.4 Å². The van der Waals surface area contributed by atoms with E-state index in [4.69, 9.17) is 4.52 Å². The molecule has 1 N–H and O–H groups in total. The highest BCUT2D eigenvalue weighted by atomic mass is 32.2. The number of nitrogens with zero attached hydrogens (tertiary/aromatic N) is 1. The second-order valence-corrected chi connectivity index (χ2v) is 6.13. The van der Waals surface area contributed by atoms with Crippen LogP contribution in [0.1, 0.15) is 22.6 Å². The zero-order valence-electron chi connectivity index (χ0n) is 11.1. The maximum atomic E-state index is 12.2. The van der Waals surface area contributed by atoms with Gasteiger partial charge in [-0.2, -0.15) is 0 Å². The van der Waals surface area contributed by atoms with Gasteiger partial charge in [-0.3, -0.25) is 0 Å². The van der Waals surface area contributed by atoms with Crippen molar-refractivity contribution in [1.82, 2.24) is 9.88 Å². The molecule has 1 aromatic carbocycles. The standard InChI is InChI=1S/C13H16N2O3S/c1-9-6-4-5-7-13(9)19(16,17)14-8-12-10(2)15-18-11(12)3/h4-7,14H,8H2,1-3H3. The van der Waals surface area contributed by atoms with E-state index in [1.165, 1.54) is 0 Å². The van der Waals surface area contributed by atoms with Crippen molar-refractivity contribution >= 4 is 10.0 Å². The molecule has 2 aromatic rings. The molecule has 0 radical (unpaired) electrons. The fourth-order valence-electron chi connectivity index (χ4n) is 1.86. The summed E-state index contributed by atoms with van der Waals surface area (Å²) in [5.41, 5.74) is 2.19. The second-order valence-electron chi connectivity index (χ2n) is 4.39. The van der Waals surface area contributed by atoms with Crippen LogP contribution in [0.5, 0.6) is 0 Å². The fourth-order valence-corrected chi connectivity index (χ4v) is 3.10. The molecule has 0 bridgehead atoms. The number of rotatable bonds is 4. The number of benzene rings is 1. The van der Waals surface area contributed by atoms with Gasteiger partial charge < -0.3 is 4.52 Å². The normalized spacial score (nSPS) is 11.7. The molecular formula is C13H16N2O3S. The fraction of sp³-hybridized carbons (Fsp3) is 0.308. The van der Waals surface area contributed by atoms with Gasteiger partial charge >= 0.3 is 0 Å². The van der Waals surface area contributed by atoms with Crippen molar-refractivity contribution in [2.24, 2.45) is 0 Å². The van der Waals surface area contributed by atoms with Crippen LogP contribution in [0.4, 0.5) is 0 Å². The van der Waals surface area contributed by atoms with Crippen LogP contribution in [-0.4, -0.2) is 13.6 Å². The van der Waals surface area contributed by atoms with Crippen molar-refractivity contribution in [3.63, 3.8) is 0 Å². The van der Waals surface area contributed by atoms with E-state index in [0.29, 0.717) is 21.9 Å². The molecule has 1 heterocycles. The topological polar surface area (TPSA) is 72.2 Å². The molecule has 2 rings (SSSR count). The zero-order chi connectivity index (χ0) is 14.0. The lowest BCUT2D eigenvalue weighted by molar-refractivity contribution is 0.392. The SMILES string of the molecule is Cc1ccccc1S(=O)(=O)NCc1c(C)noc1C. The third-order valence-corrected chi connectivity index (χ3v) is 4.56.